The van der Waals surface area contributed by atoms with E-state index in [1.165, 1.54) is 0 Å². The van der Waals surface area contributed by atoms with Crippen molar-refractivity contribution in [3.05, 3.63) is 67.3 Å². The minimum atomic E-state index is 0.683. The quantitative estimate of drug-likeness (QED) is 0.772. The lowest BCUT2D eigenvalue weighted by molar-refractivity contribution is 1.18. The van der Waals surface area contributed by atoms with Crippen LogP contribution in [0.25, 0.3) is 11.1 Å². The summed E-state index contributed by atoms with van der Waals surface area (Å²) in [4.78, 5) is 12.5. The molecular formula is C15H12N4. The van der Waals surface area contributed by atoms with Gasteiger partial charge in [0.2, 0.25) is 0 Å². The largest absolute Gasteiger partial charge is 0.324 e. The molecule has 0 radical (unpaired) electrons. The predicted molar refractivity (Wildman–Crippen MR) is 75.0 cm³/mol. The zero-order valence-electron chi connectivity index (χ0n) is 10.2. The highest BCUT2D eigenvalue weighted by atomic mass is 15.1. The molecule has 2 heterocycles. The second-order valence-electron chi connectivity index (χ2n) is 4.01. The lowest BCUT2D eigenvalue weighted by Gasteiger charge is -2.05. The second kappa shape index (κ2) is 5.27. The van der Waals surface area contributed by atoms with E-state index >= 15 is 0 Å². The van der Waals surface area contributed by atoms with E-state index in [0.29, 0.717) is 5.82 Å². The van der Waals surface area contributed by atoms with Crippen LogP contribution < -0.4 is 5.32 Å². The Hall–Kier alpha value is -2.75. The van der Waals surface area contributed by atoms with Crippen LogP contribution in [0, 0.1) is 0 Å². The SMILES string of the molecule is c1ccc(-c2ccc(Nc3cnccn3)nc2)cc1. The Balaban J connectivity index is 1.80. The molecule has 1 aromatic carbocycles. The van der Waals surface area contributed by atoms with Crippen LogP contribution in [0.1, 0.15) is 0 Å². The van der Waals surface area contributed by atoms with Gasteiger partial charge in [-0.15, -0.1) is 0 Å². The molecule has 19 heavy (non-hydrogen) atoms. The molecule has 0 bridgehead atoms. The number of rotatable bonds is 3. The molecule has 4 nitrogen and oxygen atoms in total. The average molecular weight is 248 g/mol. The van der Waals surface area contributed by atoms with E-state index in [2.05, 4.69) is 32.4 Å². The molecule has 2 aromatic heterocycles. The zero-order valence-corrected chi connectivity index (χ0v) is 10.2. The molecule has 0 fully saturated rings. The fourth-order valence-corrected chi connectivity index (χ4v) is 1.76. The van der Waals surface area contributed by atoms with Gasteiger partial charge in [0.15, 0.2) is 0 Å². The fraction of sp³-hybridized carbons (Fsp3) is 0. The number of hydrogen-bond donors (Lipinski definition) is 1. The van der Waals surface area contributed by atoms with Crippen molar-refractivity contribution in [3.8, 4) is 11.1 Å². The van der Waals surface area contributed by atoms with Gasteiger partial charge in [0.05, 0.1) is 6.20 Å². The van der Waals surface area contributed by atoms with Crippen molar-refractivity contribution < 1.29 is 0 Å². The van der Waals surface area contributed by atoms with Crippen LogP contribution >= 0.6 is 0 Å². The van der Waals surface area contributed by atoms with E-state index in [0.717, 1.165) is 16.9 Å². The molecule has 0 aliphatic rings. The van der Waals surface area contributed by atoms with Gasteiger partial charge in [-0.2, -0.15) is 0 Å². The molecule has 0 saturated carbocycles. The monoisotopic (exact) mass is 248 g/mol. The Morgan fingerprint density at radius 1 is 0.684 bits per heavy atom. The Morgan fingerprint density at radius 3 is 2.26 bits per heavy atom. The molecule has 0 saturated heterocycles. The number of aromatic nitrogens is 3. The predicted octanol–water partition coefficient (Wildman–Crippen LogP) is 3.28. The molecule has 0 atom stereocenters. The smallest absolute Gasteiger partial charge is 0.150 e. The van der Waals surface area contributed by atoms with E-state index in [4.69, 9.17) is 0 Å². The highest BCUT2D eigenvalue weighted by Gasteiger charge is 1.99. The van der Waals surface area contributed by atoms with Crippen molar-refractivity contribution in [2.24, 2.45) is 0 Å². The lowest BCUT2D eigenvalue weighted by atomic mass is 10.1. The third-order valence-corrected chi connectivity index (χ3v) is 2.69. The second-order valence-corrected chi connectivity index (χ2v) is 4.01. The fourth-order valence-electron chi connectivity index (χ4n) is 1.76. The highest BCUT2D eigenvalue weighted by Crippen LogP contribution is 2.19. The van der Waals surface area contributed by atoms with Crippen LogP contribution in [0.2, 0.25) is 0 Å². The molecule has 0 unspecified atom stereocenters. The number of nitrogens with one attached hydrogen (secondary N) is 1. The third kappa shape index (κ3) is 2.74. The molecule has 92 valence electrons. The third-order valence-electron chi connectivity index (χ3n) is 2.69. The van der Waals surface area contributed by atoms with Crippen LogP contribution in [0.5, 0.6) is 0 Å². The summed E-state index contributed by atoms with van der Waals surface area (Å²) >= 11 is 0. The van der Waals surface area contributed by atoms with Crippen molar-refractivity contribution in [1.82, 2.24) is 15.0 Å². The van der Waals surface area contributed by atoms with Gasteiger partial charge in [0, 0.05) is 24.2 Å². The maximum absolute atomic E-state index is 4.37. The van der Waals surface area contributed by atoms with Crippen molar-refractivity contribution in [2.45, 2.75) is 0 Å². The van der Waals surface area contributed by atoms with Crippen molar-refractivity contribution in [2.75, 3.05) is 5.32 Å². The van der Waals surface area contributed by atoms with E-state index in [-0.39, 0.29) is 0 Å². The topological polar surface area (TPSA) is 50.7 Å². The molecule has 0 amide bonds. The Bertz CT molecular complexity index is 636. The first-order chi connectivity index (χ1) is 9.42. The maximum atomic E-state index is 4.37. The van der Waals surface area contributed by atoms with Gasteiger partial charge in [-0.25, -0.2) is 9.97 Å². The summed E-state index contributed by atoms with van der Waals surface area (Å²) in [5.41, 5.74) is 2.24. The summed E-state index contributed by atoms with van der Waals surface area (Å²) < 4.78 is 0. The number of nitrogens with zero attached hydrogens (tertiary/aromatic N) is 3. The highest BCUT2D eigenvalue weighted by molar-refractivity contribution is 5.64. The first kappa shape index (κ1) is 11.3. The van der Waals surface area contributed by atoms with Crippen molar-refractivity contribution >= 4 is 11.6 Å². The van der Waals surface area contributed by atoms with Gasteiger partial charge < -0.3 is 5.32 Å². The van der Waals surface area contributed by atoms with E-state index in [9.17, 15) is 0 Å². The van der Waals surface area contributed by atoms with Crippen molar-refractivity contribution in [3.63, 3.8) is 0 Å². The molecular weight excluding hydrogens is 236 g/mol. The van der Waals surface area contributed by atoms with Gasteiger partial charge in [0.25, 0.3) is 0 Å². The summed E-state index contributed by atoms with van der Waals surface area (Å²) in [6, 6.07) is 14.1. The average Bonchev–Trinajstić information content (AvgIpc) is 2.50. The number of benzene rings is 1. The molecule has 0 aliphatic heterocycles. The van der Waals surface area contributed by atoms with Gasteiger partial charge in [-0.05, 0) is 17.7 Å². The van der Waals surface area contributed by atoms with E-state index in [1.54, 1.807) is 18.6 Å². The minimum absolute atomic E-state index is 0.683. The van der Waals surface area contributed by atoms with Gasteiger partial charge in [0.1, 0.15) is 11.6 Å². The Morgan fingerprint density at radius 2 is 1.58 bits per heavy atom. The lowest BCUT2D eigenvalue weighted by Crippen LogP contribution is -1.95. The van der Waals surface area contributed by atoms with E-state index in [1.807, 2.05) is 36.5 Å². The molecule has 3 rings (SSSR count). The van der Waals surface area contributed by atoms with Gasteiger partial charge in [-0.3, -0.25) is 4.98 Å². The Kier molecular flexibility index (Phi) is 3.14. The molecule has 0 aliphatic carbocycles. The number of pyridine rings is 1. The summed E-state index contributed by atoms with van der Waals surface area (Å²) in [5, 5.41) is 3.10. The molecule has 0 spiro atoms. The molecule has 4 heteroatoms. The van der Waals surface area contributed by atoms with E-state index < -0.39 is 0 Å². The van der Waals surface area contributed by atoms with Crippen LogP contribution in [0.3, 0.4) is 0 Å². The summed E-state index contributed by atoms with van der Waals surface area (Å²) in [7, 11) is 0. The first-order valence-corrected chi connectivity index (χ1v) is 5.96. The summed E-state index contributed by atoms with van der Waals surface area (Å²) in [6.45, 7) is 0. The van der Waals surface area contributed by atoms with Gasteiger partial charge in [-0.1, -0.05) is 30.3 Å². The van der Waals surface area contributed by atoms with Crippen LogP contribution in [-0.4, -0.2) is 15.0 Å². The normalized spacial score (nSPS) is 10.1. The summed E-state index contributed by atoms with van der Waals surface area (Å²) in [6.07, 6.45) is 6.78. The number of hydrogen-bond acceptors (Lipinski definition) is 4. The Labute approximate surface area is 111 Å². The summed E-state index contributed by atoms with van der Waals surface area (Å²) in [5.74, 6) is 1.43. The van der Waals surface area contributed by atoms with Crippen molar-refractivity contribution in [1.29, 1.82) is 0 Å². The molecule has 3 aromatic rings. The number of anilines is 2. The van der Waals surface area contributed by atoms with Crippen LogP contribution in [0.15, 0.2) is 67.3 Å². The zero-order chi connectivity index (χ0) is 12.9. The van der Waals surface area contributed by atoms with Crippen LogP contribution in [-0.2, 0) is 0 Å². The molecule has 1 N–H and O–H groups in total. The standard InChI is InChI=1S/C15H12N4/c1-2-4-12(5-3-1)13-6-7-14(18-10-13)19-15-11-16-8-9-17-15/h1-11H,(H,17,18,19). The van der Waals surface area contributed by atoms with Crippen LogP contribution in [0.4, 0.5) is 11.6 Å². The first-order valence-electron chi connectivity index (χ1n) is 5.96. The maximum Gasteiger partial charge on any atom is 0.150 e. The minimum Gasteiger partial charge on any atom is -0.324 e. The van der Waals surface area contributed by atoms with Gasteiger partial charge >= 0.3 is 0 Å².